The summed E-state index contributed by atoms with van der Waals surface area (Å²) in [6.07, 6.45) is 6.37. The van der Waals surface area contributed by atoms with Crippen molar-refractivity contribution in [1.82, 2.24) is 0 Å². The van der Waals surface area contributed by atoms with Gasteiger partial charge in [0.1, 0.15) is 6.17 Å². The molecule has 2 aromatic carbocycles. The van der Waals surface area contributed by atoms with Gasteiger partial charge in [-0.1, -0.05) is 52.0 Å². The Morgan fingerprint density at radius 3 is 2.58 bits per heavy atom. The fraction of sp³-hybridized carbons (Fsp3) is 0.500. The highest BCUT2D eigenvalue weighted by molar-refractivity contribution is 5.84. The van der Waals surface area contributed by atoms with E-state index in [1.54, 1.807) is 0 Å². The van der Waals surface area contributed by atoms with Crippen LogP contribution in [0.15, 0.2) is 42.5 Å². The molecule has 2 atom stereocenters. The lowest BCUT2D eigenvalue weighted by molar-refractivity contribution is 0.208. The number of hydrogen-bond donors (Lipinski definition) is 1. The molecule has 0 bridgehead atoms. The molecule has 4 rings (SSSR count). The molecule has 0 fully saturated rings. The Hall–Kier alpha value is -1.96. The number of benzene rings is 2. The van der Waals surface area contributed by atoms with E-state index in [2.05, 4.69) is 80.4 Å². The summed E-state index contributed by atoms with van der Waals surface area (Å²) in [5.41, 5.74) is 7.29. The molecule has 2 aliphatic heterocycles. The maximum atomic E-state index is 3.96. The van der Waals surface area contributed by atoms with Gasteiger partial charge >= 0.3 is 0 Å². The van der Waals surface area contributed by atoms with Gasteiger partial charge in [0.25, 0.3) is 0 Å². The average Bonchev–Trinajstić information content (AvgIpc) is 3.01. The number of nitrogens with one attached hydrogen (secondary N) is 1. The Labute approximate surface area is 158 Å². The standard InChI is InChI=1S/C24H32N2/c1-5-17(4)19-12-13-22-20(16-19)25-23-24(6-2,7-3)15-14-18-10-8-9-11-21(18)26(22)23/h8-13,16-17,23,25H,5-7,14-15H2,1-4H3. The highest BCUT2D eigenvalue weighted by atomic mass is 15.3. The van der Waals surface area contributed by atoms with Crippen LogP contribution < -0.4 is 10.2 Å². The van der Waals surface area contributed by atoms with E-state index in [1.807, 2.05) is 0 Å². The van der Waals surface area contributed by atoms with Crippen LogP contribution in [0.3, 0.4) is 0 Å². The zero-order valence-electron chi connectivity index (χ0n) is 16.7. The summed E-state index contributed by atoms with van der Waals surface area (Å²) < 4.78 is 0. The molecular weight excluding hydrogens is 316 g/mol. The second-order valence-electron chi connectivity index (χ2n) is 8.20. The Morgan fingerprint density at radius 1 is 1.08 bits per heavy atom. The van der Waals surface area contributed by atoms with Gasteiger partial charge in [-0.05, 0) is 67.3 Å². The summed E-state index contributed by atoms with van der Waals surface area (Å²) in [5.74, 6) is 0.608. The van der Waals surface area contributed by atoms with Gasteiger partial charge in [0.05, 0.1) is 11.4 Å². The van der Waals surface area contributed by atoms with Crippen LogP contribution in [0.25, 0.3) is 0 Å². The van der Waals surface area contributed by atoms with E-state index in [-0.39, 0.29) is 0 Å². The number of aryl methyl sites for hydroxylation is 1. The molecular formula is C24H32N2. The predicted molar refractivity (Wildman–Crippen MR) is 112 cm³/mol. The molecule has 2 heterocycles. The van der Waals surface area contributed by atoms with Crippen molar-refractivity contribution < 1.29 is 0 Å². The molecule has 2 aliphatic rings. The van der Waals surface area contributed by atoms with Crippen molar-refractivity contribution in [2.24, 2.45) is 5.41 Å². The van der Waals surface area contributed by atoms with Gasteiger partial charge in [0, 0.05) is 11.1 Å². The molecule has 2 unspecified atom stereocenters. The van der Waals surface area contributed by atoms with Gasteiger partial charge in [0.15, 0.2) is 0 Å². The Balaban J connectivity index is 1.86. The molecule has 0 aromatic heterocycles. The van der Waals surface area contributed by atoms with E-state index >= 15 is 0 Å². The Bertz CT molecular complexity index is 791. The summed E-state index contributed by atoms with van der Waals surface area (Å²) in [4.78, 5) is 2.60. The zero-order chi connectivity index (χ0) is 18.3. The molecule has 2 heteroatoms. The number of fused-ring (bicyclic) bond motifs is 5. The number of rotatable bonds is 4. The molecule has 2 nitrogen and oxygen atoms in total. The summed E-state index contributed by atoms with van der Waals surface area (Å²) in [5, 5.41) is 3.96. The first kappa shape index (κ1) is 17.5. The smallest absolute Gasteiger partial charge is 0.110 e. The Kier molecular flexibility index (Phi) is 4.46. The fourth-order valence-corrected chi connectivity index (χ4v) is 4.94. The van der Waals surface area contributed by atoms with Gasteiger partial charge in [-0.2, -0.15) is 0 Å². The van der Waals surface area contributed by atoms with Gasteiger partial charge in [-0.25, -0.2) is 0 Å². The van der Waals surface area contributed by atoms with Crippen molar-refractivity contribution in [2.45, 2.75) is 71.9 Å². The minimum Gasteiger partial charge on any atom is -0.363 e. The third kappa shape index (κ3) is 2.53. The monoisotopic (exact) mass is 348 g/mol. The van der Waals surface area contributed by atoms with Crippen molar-refractivity contribution in [2.75, 3.05) is 10.2 Å². The van der Waals surface area contributed by atoms with E-state index < -0.39 is 0 Å². The van der Waals surface area contributed by atoms with Crippen molar-refractivity contribution >= 4 is 17.1 Å². The second kappa shape index (κ2) is 6.64. The largest absolute Gasteiger partial charge is 0.363 e. The fourth-order valence-electron chi connectivity index (χ4n) is 4.94. The van der Waals surface area contributed by atoms with Crippen LogP contribution in [0.4, 0.5) is 17.1 Å². The van der Waals surface area contributed by atoms with Crippen molar-refractivity contribution in [3.63, 3.8) is 0 Å². The third-order valence-corrected chi connectivity index (χ3v) is 7.14. The van der Waals surface area contributed by atoms with Crippen molar-refractivity contribution in [1.29, 1.82) is 0 Å². The van der Waals surface area contributed by atoms with E-state index in [4.69, 9.17) is 0 Å². The normalized spacial score (nSPS) is 21.2. The molecule has 0 spiro atoms. The van der Waals surface area contributed by atoms with Crippen LogP contribution in [0, 0.1) is 5.41 Å². The first-order valence-corrected chi connectivity index (χ1v) is 10.4. The maximum absolute atomic E-state index is 3.96. The third-order valence-electron chi connectivity index (χ3n) is 7.14. The lowest BCUT2D eigenvalue weighted by Crippen LogP contribution is -2.46. The molecule has 1 N–H and O–H groups in total. The SMILES string of the molecule is CCC(C)c1ccc2c(c1)NC1N2c2ccccc2CCC1(CC)CC. The molecule has 138 valence electrons. The number of nitrogens with zero attached hydrogens (tertiary/aromatic N) is 1. The molecule has 0 radical (unpaired) electrons. The average molecular weight is 349 g/mol. The van der Waals surface area contributed by atoms with Gasteiger partial charge < -0.3 is 10.2 Å². The summed E-state index contributed by atoms with van der Waals surface area (Å²) >= 11 is 0. The van der Waals surface area contributed by atoms with Crippen molar-refractivity contribution in [3.05, 3.63) is 53.6 Å². The lowest BCUT2D eigenvalue weighted by atomic mass is 9.75. The van der Waals surface area contributed by atoms with E-state index in [9.17, 15) is 0 Å². The van der Waals surface area contributed by atoms with Crippen LogP contribution in [0.5, 0.6) is 0 Å². The first-order chi connectivity index (χ1) is 12.6. The summed E-state index contributed by atoms with van der Waals surface area (Å²) in [6.45, 7) is 9.33. The first-order valence-electron chi connectivity index (χ1n) is 10.4. The topological polar surface area (TPSA) is 15.3 Å². The molecule has 0 saturated carbocycles. The van der Waals surface area contributed by atoms with Crippen molar-refractivity contribution in [3.8, 4) is 0 Å². The highest BCUT2D eigenvalue weighted by Crippen LogP contribution is 2.52. The minimum absolute atomic E-state index is 0.300. The van der Waals surface area contributed by atoms with Crippen LogP contribution in [-0.4, -0.2) is 6.17 Å². The summed E-state index contributed by atoms with van der Waals surface area (Å²) in [6, 6.07) is 16.1. The van der Waals surface area contributed by atoms with Gasteiger partial charge in [-0.15, -0.1) is 0 Å². The van der Waals surface area contributed by atoms with E-state index in [1.165, 1.54) is 60.3 Å². The second-order valence-corrected chi connectivity index (χ2v) is 8.20. The van der Waals surface area contributed by atoms with Crippen LogP contribution in [-0.2, 0) is 6.42 Å². The maximum Gasteiger partial charge on any atom is 0.110 e. The van der Waals surface area contributed by atoms with Crippen LogP contribution in [0.1, 0.15) is 70.4 Å². The summed E-state index contributed by atoms with van der Waals surface area (Å²) in [7, 11) is 0. The highest BCUT2D eigenvalue weighted by Gasteiger charge is 2.46. The molecule has 0 saturated heterocycles. The molecule has 2 aromatic rings. The molecule has 0 aliphatic carbocycles. The van der Waals surface area contributed by atoms with E-state index in [0.29, 0.717) is 17.5 Å². The zero-order valence-corrected chi connectivity index (χ0v) is 16.7. The molecule has 0 amide bonds. The van der Waals surface area contributed by atoms with Gasteiger partial charge in [0.2, 0.25) is 0 Å². The quantitative estimate of drug-likeness (QED) is 0.650. The number of anilines is 3. The predicted octanol–water partition coefficient (Wildman–Crippen LogP) is 6.84. The lowest BCUT2D eigenvalue weighted by Gasteiger charge is -2.41. The van der Waals surface area contributed by atoms with Crippen LogP contribution >= 0.6 is 0 Å². The number of hydrogen-bond acceptors (Lipinski definition) is 2. The molecule has 26 heavy (non-hydrogen) atoms. The number of para-hydroxylation sites is 1. The minimum atomic E-state index is 0.300. The Morgan fingerprint density at radius 2 is 1.85 bits per heavy atom. The van der Waals surface area contributed by atoms with E-state index in [0.717, 1.165) is 0 Å². The van der Waals surface area contributed by atoms with Crippen LogP contribution in [0.2, 0.25) is 0 Å². The van der Waals surface area contributed by atoms with Gasteiger partial charge in [-0.3, -0.25) is 0 Å².